The number of nitrogens with one attached hydrogen (secondary N) is 2. The lowest BCUT2D eigenvalue weighted by atomic mass is 9.96. The second-order valence-corrected chi connectivity index (χ2v) is 8.05. The molecule has 1 aliphatic rings. The highest BCUT2D eigenvalue weighted by atomic mass is 16.2. The van der Waals surface area contributed by atoms with E-state index in [0.29, 0.717) is 23.2 Å². The molecule has 0 radical (unpaired) electrons. The van der Waals surface area contributed by atoms with Crippen LogP contribution in [0.5, 0.6) is 0 Å². The molecule has 9 heteroatoms. The second kappa shape index (κ2) is 8.73. The Hall–Kier alpha value is -3.46. The molecule has 1 saturated heterocycles. The minimum atomic E-state index is -0.272. The van der Waals surface area contributed by atoms with Crippen molar-refractivity contribution in [2.24, 2.45) is 0 Å². The van der Waals surface area contributed by atoms with E-state index in [9.17, 15) is 9.59 Å². The Morgan fingerprint density at radius 2 is 2.06 bits per heavy atom. The van der Waals surface area contributed by atoms with Crippen molar-refractivity contribution >= 4 is 28.8 Å². The standard InChI is InChI=1S/C22H27N7O2/c1-28(2)19(30)10-14-5-7-16(8-6-14)27-22(31)17-11-18(15-4-3-9-24-12-15)29-20(17)21(23)25-13-26-29/h5-8,11,13,15,24H,3-4,9-10,12H2,1-2H3,(H,27,31)(H2,23,25,26). The number of hydrogen-bond acceptors (Lipinski definition) is 6. The molecule has 4 rings (SSSR count). The van der Waals surface area contributed by atoms with Crippen molar-refractivity contribution in [1.29, 1.82) is 0 Å². The molecule has 31 heavy (non-hydrogen) atoms. The van der Waals surface area contributed by atoms with Gasteiger partial charge in [0.2, 0.25) is 5.91 Å². The molecule has 2 aromatic heterocycles. The molecule has 0 saturated carbocycles. The van der Waals surface area contributed by atoms with Crippen LogP contribution in [0.15, 0.2) is 36.7 Å². The van der Waals surface area contributed by atoms with Gasteiger partial charge in [-0.1, -0.05) is 12.1 Å². The third-order valence-corrected chi connectivity index (χ3v) is 5.64. The maximum absolute atomic E-state index is 13.1. The molecule has 0 bridgehead atoms. The number of nitrogens with zero attached hydrogens (tertiary/aromatic N) is 4. The number of carbonyl (C=O) groups is 2. The normalized spacial score (nSPS) is 16.3. The summed E-state index contributed by atoms with van der Waals surface area (Å²) in [5.41, 5.74) is 9.57. The Balaban J connectivity index is 1.58. The van der Waals surface area contributed by atoms with Crippen LogP contribution in [0.3, 0.4) is 0 Å². The van der Waals surface area contributed by atoms with E-state index in [4.69, 9.17) is 5.73 Å². The van der Waals surface area contributed by atoms with Gasteiger partial charge < -0.3 is 21.3 Å². The molecule has 1 aliphatic heterocycles. The van der Waals surface area contributed by atoms with Crippen molar-refractivity contribution in [3.8, 4) is 0 Å². The number of fused-ring (bicyclic) bond motifs is 1. The van der Waals surface area contributed by atoms with Crippen molar-refractivity contribution in [2.45, 2.75) is 25.2 Å². The maximum atomic E-state index is 13.1. The highest BCUT2D eigenvalue weighted by molar-refractivity contribution is 6.10. The van der Waals surface area contributed by atoms with Gasteiger partial charge in [0.15, 0.2) is 5.82 Å². The van der Waals surface area contributed by atoms with Crippen LogP contribution in [0, 0.1) is 0 Å². The first kappa shape index (κ1) is 20.8. The van der Waals surface area contributed by atoms with Crippen LogP contribution in [0.4, 0.5) is 11.5 Å². The van der Waals surface area contributed by atoms with Gasteiger partial charge in [0.1, 0.15) is 11.8 Å². The quantitative estimate of drug-likeness (QED) is 0.577. The average molecular weight is 422 g/mol. The molecule has 9 nitrogen and oxygen atoms in total. The molecule has 4 N–H and O–H groups in total. The summed E-state index contributed by atoms with van der Waals surface area (Å²) in [5, 5.41) is 10.7. The van der Waals surface area contributed by atoms with Crippen LogP contribution in [0.2, 0.25) is 0 Å². The van der Waals surface area contributed by atoms with E-state index in [1.807, 2.05) is 18.2 Å². The van der Waals surface area contributed by atoms with Gasteiger partial charge in [-0.25, -0.2) is 9.50 Å². The Bertz CT molecular complexity index is 1100. The van der Waals surface area contributed by atoms with Crippen LogP contribution in [-0.2, 0) is 11.2 Å². The number of nitrogens with two attached hydrogens (primary N) is 1. The number of piperidine rings is 1. The highest BCUT2D eigenvalue weighted by Gasteiger charge is 2.25. The third-order valence-electron chi connectivity index (χ3n) is 5.64. The first-order valence-electron chi connectivity index (χ1n) is 10.4. The molecular weight excluding hydrogens is 394 g/mol. The number of rotatable bonds is 5. The maximum Gasteiger partial charge on any atom is 0.258 e. The Morgan fingerprint density at radius 3 is 2.74 bits per heavy atom. The fraction of sp³-hybridized carbons (Fsp3) is 0.364. The number of anilines is 2. The minimum absolute atomic E-state index is 0.0253. The second-order valence-electron chi connectivity index (χ2n) is 8.05. The number of aromatic nitrogens is 3. The molecule has 1 atom stereocenters. The molecule has 3 heterocycles. The van der Waals surface area contributed by atoms with Crippen molar-refractivity contribution in [1.82, 2.24) is 24.8 Å². The summed E-state index contributed by atoms with van der Waals surface area (Å²) in [7, 11) is 3.46. The van der Waals surface area contributed by atoms with E-state index in [-0.39, 0.29) is 23.6 Å². The first-order chi connectivity index (χ1) is 14.9. The van der Waals surface area contributed by atoms with Crippen molar-refractivity contribution in [3.05, 3.63) is 53.5 Å². The molecule has 162 valence electrons. The van der Waals surface area contributed by atoms with E-state index in [0.717, 1.165) is 37.2 Å². The molecule has 0 spiro atoms. The van der Waals surface area contributed by atoms with E-state index in [1.165, 1.54) is 6.33 Å². The molecular formula is C22H27N7O2. The number of hydrogen-bond donors (Lipinski definition) is 3. The van der Waals surface area contributed by atoms with Gasteiger partial charge in [-0.3, -0.25) is 9.59 Å². The number of benzene rings is 1. The number of amides is 2. The molecule has 1 unspecified atom stereocenters. The zero-order chi connectivity index (χ0) is 22.0. The lowest BCUT2D eigenvalue weighted by Crippen LogP contribution is -2.29. The van der Waals surface area contributed by atoms with E-state index in [1.54, 1.807) is 35.6 Å². The van der Waals surface area contributed by atoms with Gasteiger partial charge in [0, 0.05) is 37.9 Å². The largest absolute Gasteiger partial charge is 0.382 e. The molecule has 0 aliphatic carbocycles. The van der Waals surface area contributed by atoms with Crippen LogP contribution in [0.25, 0.3) is 5.52 Å². The number of carbonyl (C=O) groups excluding carboxylic acids is 2. The number of likely N-dealkylation sites (N-methyl/N-ethyl adjacent to an activating group) is 1. The average Bonchev–Trinajstić information content (AvgIpc) is 3.17. The van der Waals surface area contributed by atoms with Crippen LogP contribution >= 0.6 is 0 Å². The predicted molar refractivity (Wildman–Crippen MR) is 119 cm³/mol. The Labute approximate surface area is 180 Å². The fourth-order valence-corrected chi connectivity index (χ4v) is 3.90. The summed E-state index contributed by atoms with van der Waals surface area (Å²) in [6, 6.07) is 9.13. The van der Waals surface area contributed by atoms with Gasteiger partial charge in [0.25, 0.3) is 5.91 Å². The molecule has 2 amide bonds. The highest BCUT2D eigenvalue weighted by Crippen LogP contribution is 2.29. The summed E-state index contributed by atoms with van der Waals surface area (Å²) in [5.74, 6) is 0.279. The summed E-state index contributed by atoms with van der Waals surface area (Å²) in [4.78, 5) is 30.6. The smallest absolute Gasteiger partial charge is 0.258 e. The van der Waals surface area contributed by atoms with Gasteiger partial charge in [-0.2, -0.15) is 5.10 Å². The van der Waals surface area contributed by atoms with Crippen LogP contribution in [0.1, 0.15) is 40.4 Å². The van der Waals surface area contributed by atoms with Crippen LogP contribution < -0.4 is 16.4 Å². The van der Waals surface area contributed by atoms with Crippen molar-refractivity contribution in [3.63, 3.8) is 0 Å². The van der Waals surface area contributed by atoms with Crippen molar-refractivity contribution < 1.29 is 9.59 Å². The SMILES string of the molecule is CN(C)C(=O)Cc1ccc(NC(=O)c2cc(C3CCCNC3)n3ncnc(N)c23)cc1. The monoisotopic (exact) mass is 421 g/mol. The molecule has 1 fully saturated rings. The summed E-state index contributed by atoms with van der Waals surface area (Å²) >= 11 is 0. The lowest BCUT2D eigenvalue weighted by molar-refractivity contribution is -0.127. The van der Waals surface area contributed by atoms with Gasteiger partial charge in [-0.05, 0) is 43.1 Å². The minimum Gasteiger partial charge on any atom is -0.382 e. The molecule has 3 aromatic rings. The van der Waals surface area contributed by atoms with Gasteiger partial charge >= 0.3 is 0 Å². The topological polar surface area (TPSA) is 118 Å². The van der Waals surface area contributed by atoms with Gasteiger partial charge in [0.05, 0.1) is 12.0 Å². The predicted octanol–water partition coefficient (Wildman–Crippen LogP) is 1.66. The van der Waals surface area contributed by atoms with E-state index >= 15 is 0 Å². The first-order valence-corrected chi connectivity index (χ1v) is 10.4. The summed E-state index contributed by atoms with van der Waals surface area (Å²) < 4.78 is 1.74. The summed E-state index contributed by atoms with van der Waals surface area (Å²) in [6.45, 7) is 1.84. The van der Waals surface area contributed by atoms with Crippen molar-refractivity contribution in [2.75, 3.05) is 38.2 Å². The zero-order valence-corrected chi connectivity index (χ0v) is 17.8. The molecule has 1 aromatic carbocycles. The number of nitrogen functional groups attached to an aromatic ring is 1. The summed E-state index contributed by atoms with van der Waals surface area (Å²) in [6.07, 6.45) is 3.83. The lowest BCUT2D eigenvalue weighted by Gasteiger charge is -2.22. The van der Waals surface area contributed by atoms with E-state index < -0.39 is 0 Å². The Kier molecular flexibility index (Phi) is 5.85. The van der Waals surface area contributed by atoms with E-state index in [2.05, 4.69) is 20.7 Å². The zero-order valence-electron chi connectivity index (χ0n) is 17.8. The Morgan fingerprint density at radius 1 is 1.29 bits per heavy atom. The van der Waals surface area contributed by atoms with Crippen LogP contribution in [-0.4, -0.2) is 58.5 Å². The third kappa shape index (κ3) is 4.36. The fourth-order valence-electron chi connectivity index (χ4n) is 3.90. The van der Waals surface area contributed by atoms with Gasteiger partial charge in [-0.15, -0.1) is 0 Å².